The smallest absolute Gasteiger partial charge is 0.310 e. The average molecular weight is 315 g/mol. The van der Waals surface area contributed by atoms with Gasteiger partial charge in [0.15, 0.2) is 0 Å². The highest BCUT2D eigenvalue weighted by Gasteiger charge is 2.10. The lowest BCUT2D eigenvalue weighted by molar-refractivity contribution is -0.139. The van der Waals surface area contributed by atoms with E-state index in [0.29, 0.717) is 10.7 Å². The maximum Gasteiger partial charge on any atom is 0.310 e. The van der Waals surface area contributed by atoms with Crippen molar-refractivity contribution in [3.63, 3.8) is 0 Å². The Morgan fingerprint density at radius 3 is 2.94 bits per heavy atom. The normalized spacial score (nSPS) is 10.5. The van der Waals surface area contributed by atoms with Crippen LogP contribution in [0.5, 0.6) is 0 Å². The quantitative estimate of drug-likeness (QED) is 0.630. The van der Waals surface area contributed by atoms with Gasteiger partial charge in [-0.25, -0.2) is 4.98 Å². The van der Waals surface area contributed by atoms with Gasteiger partial charge in [-0.05, 0) is 24.3 Å². The molecule has 0 unspecified atom stereocenters. The highest BCUT2D eigenvalue weighted by molar-refractivity contribution is 9.10. The molecule has 0 aliphatic rings. The van der Waals surface area contributed by atoms with Crippen LogP contribution in [-0.2, 0) is 16.0 Å². The molecule has 0 N–H and O–H groups in total. The molecule has 1 heterocycles. The van der Waals surface area contributed by atoms with E-state index >= 15 is 0 Å². The van der Waals surface area contributed by atoms with E-state index in [1.54, 1.807) is 0 Å². The molecule has 1 aromatic carbocycles. The van der Waals surface area contributed by atoms with Gasteiger partial charge in [-0.15, -0.1) is 0 Å². The molecule has 0 bridgehead atoms. The first-order valence-corrected chi connectivity index (χ1v) is 6.09. The molecule has 0 saturated heterocycles. The maximum absolute atomic E-state index is 11.2. The molecular formula is C12H9BrClNO2. The molecule has 17 heavy (non-hydrogen) atoms. The lowest BCUT2D eigenvalue weighted by Gasteiger charge is -2.05. The van der Waals surface area contributed by atoms with Crippen LogP contribution in [0.1, 0.15) is 5.56 Å². The number of pyridine rings is 1. The fourth-order valence-corrected chi connectivity index (χ4v) is 2.11. The molecule has 0 spiro atoms. The number of aromatic nitrogens is 1. The lowest BCUT2D eigenvalue weighted by Crippen LogP contribution is -2.05. The summed E-state index contributed by atoms with van der Waals surface area (Å²) < 4.78 is 5.57. The van der Waals surface area contributed by atoms with Gasteiger partial charge >= 0.3 is 5.97 Å². The van der Waals surface area contributed by atoms with Crippen molar-refractivity contribution >= 4 is 44.4 Å². The van der Waals surface area contributed by atoms with Gasteiger partial charge in [0.25, 0.3) is 0 Å². The number of methoxy groups -OCH3 is 1. The minimum atomic E-state index is -0.331. The Balaban J connectivity index is 2.49. The Bertz CT molecular complexity index is 586. The van der Waals surface area contributed by atoms with Crippen molar-refractivity contribution in [3.05, 3.63) is 39.5 Å². The Hall–Kier alpha value is -1.13. The first-order valence-electron chi connectivity index (χ1n) is 4.91. The highest BCUT2D eigenvalue weighted by atomic mass is 79.9. The van der Waals surface area contributed by atoms with Gasteiger partial charge in [0.1, 0.15) is 5.15 Å². The van der Waals surface area contributed by atoms with Crippen molar-refractivity contribution in [1.82, 2.24) is 4.98 Å². The van der Waals surface area contributed by atoms with Gasteiger partial charge < -0.3 is 4.74 Å². The van der Waals surface area contributed by atoms with Crippen molar-refractivity contribution in [3.8, 4) is 0 Å². The first kappa shape index (κ1) is 12.3. The second-order valence-corrected chi connectivity index (χ2v) is 4.80. The van der Waals surface area contributed by atoms with Crippen molar-refractivity contribution in [2.75, 3.05) is 7.11 Å². The molecule has 3 nitrogen and oxygen atoms in total. The summed E-state index contributed by atoms with van der Waals surface area (Å²) in [5.41, 5.74) is 1.47. The third-order valence-electron chi connectivity index (χ3n) is 2.37. The van der Waals surface area contributed by atoms with Crippen molar-refractivity contribution in [2.24, 2.45) is 0 Å². The average Bonchev–Trinajstić information content (AvgIpc) is 2.30. The number of ether oxygens (including phenoxy) is 1. The monoisotopic (exact) mass is 313 g/mol. The fraction of sp³-hybridized carbons (Fsp3) is 0.167. The lowest BCUT2D eigenvalue weighted by atomic mass is 10.1. The summed E-state index contributed by atoms with van der Waals surface area (Å²) in [7, 11) is 1.35. The summed E-state index contributed by atoms with van der Waals surface area (Å²) in [5.74, 6) is -0.331. The van der Waals surface area contributed by atoms with Crippen LogP contribution in [0.15, 0.2) is 28.7 Å². The van der Waals surface area contributed by atoms with Gasteiger partial charge in [-0.1, -0.05) is 27.5 Å². The summed E-state index contributed by atoms with van der Waals surface area (Å²) in [4.78, 5) is 15.5. The largest absolute Gasteiger partial charge is 0.469 e. The number of hydrogen-bond donors (Lipinski definition) is 0. The van der Waals surface area contributed by atoms with Crippen LogP contribution in [0.3, 0.4) is 0 Å². The van der Waals surface area contributed by atoms with E-state index in [0.717, 1.165) is 15.4 Å². The van der Waals surface area contributed by atoms with E-state index in [4.69, 9.17) is 11.6 Å². The van der Waals surface area contributed by atoms with E-state index in [1.165, 1.54) is 7.11 Å². The highest BCUT2D eigenvalue weighted by Crippen LogP contribution is 2.24. The zero-order chi connectivity index (χ0) is 12.4. The molecule has 0 amide bonds. The first-order chi connectivity index (χ1) is 8.10. The van der Waals surface area contributed by atoms with Gasteiger partial charge in [0.2, 0.25) is 0 Å². The molecule has 0 aliphatic heterocycles. The molecule has 1 aromatic heterocycles. The molecule has 2 aromatic rings. The summed E-state index contributed by atoms with van der Waals surface area (Å²) >= 11 is 9.40. The minimum absolute atomic E-state index is 0.130. The topological polar surface area (TPSA) is 39.2 Å². The van der Waals surface area contributed by atoms with Crippen LogP contribution in [0.2, 0.25) is 5.15 Å². The molecule has 0 aliphatic carbocycles. The molecular weight excluding hydrogens is 305 g/mol. The van der Waals surface area contributed by atoms with Crippen LogP contribution < -0.4 is 0 Å². The van der Waals surface area contributed by atoms with E-state index in [9.17, 15) is 4.79 Å². The summed E-state index contributed by atoms with van der Waals surface area (Å²) in [6.45, 7) is 0. The number of carbonyl (C=O) groups excluding carboxylic acids is 1. The number of benzene rings is 1. The molecule has 0 fully saturated rings. The van der Waals surface area contributed by atoms with Crippen LogP contribution >= 0.6 is 27.5 Å². The van der Waals surface area contributed by atoms with Gasteiger partial charge in [-0.3, -0.25) is 4.79 Å². The Kier molecular flexibility index (Phi) is 3.64. The van der Waals surface area contributed by atoms with Gasteiger partial charge in [-0.2, -0.15) is 0 Å². The number of esters is 1. The number of carbonyl (C=O) groups is 1. The van der Waals surface area contributed by atoms with E-state index in [1.807, 2.05) is 24.3 Å². The number of nitrogens with zero attached hydrogens (tertiary/aromatic N) is 1. The summed E-state index contributed by atoms with van der Waals surface area (Å²) in [6.07, 6.45) is 0.130. The van der Waals surface area contributed by atoms with Crippen molar-refractivity contribution in [2.45, 2.75) is 6.42 Å². The van der Waals surface area contributed by atoms with E-state index in [2.05, 4.69) is 25.7 Å². The molecule has 0 atom stereocenters. The summed E-state index contributed by atoms with van der Waals surface area (Å²) in [6, 6.07) is 7.55. The van der Waals surface area contributed by atoms with Gasteiger partial charge in [0.05, 0.1) is 19.0 Å². The second kappa shape index (κ2) is 5.02. The van der Waals surface area contributed by atoms with Crippen molar-refractivity contribution in [1.29, 1.82) is 0 Å². The Morgan fingerprint density at radius 2 is 2.24 bits per heavy atom. The van der Waals surface area contributed by atoms with Crippen LogP contribution in [0, 0.1) is 0 Å². The molecule has 88 valence electrons. The fourth-order valence-electron chi connectivity index (χ4n) is 1.52. The number of halogens is 2. The molecule has 0 radical (unpaired) electrons. The van der Waals surface area contributed by atoms with Gasteiger partial charge in [0, 0.05) is 15.4 Å². The third kappa shape index (κ3) is 2.76. The minimum Gasteiger partial charge on any atom is -0.469 e. The maximum atomic E-state index is 11.2. The Morgan fingerprint density at radius 1 is 1.47 bits per heavy atom. The standard InChI is InChI=1S/C12H9BrClNO2/c1-17-11(16)6-8-4-7-5-9(13)2-3-10(7)15-12(8)14/h2-5H,6H2,1H3. The zero-order valence-corrected chi connectivity index (χ0v) is 11.4. The molecule has 2 rings (SSSR count). The Labute approximate surface area is 112 Å². The number of rotatable bonds is 2. The predicted octanol–water partition coefficient (Wildman–Crippen LogP) is 3.37. The number of fused-ring (bicyclic) bond motifs is 1. The summed E-state index contributed by atoms with van der Waals surface area (Å²) in [5, 5.41) is 1.27. The van der Waals surface area contributed by atoms with Crippen LogP contribution in [0.4, 0.5) is 0 Å². The molecule has 0 saturated carbocycles. The third-order valence-corrected chi connectivity index (χ3v) is 3.19. The number of hydrogen-bond acceptors (Lipinski definition) is 3. The zero-order valence-electron chi connectivity index (χ0n) is 9.04. The predicted molar refractivity (Wildman–Crippen MR) is 70.2 cm³/mol. The van der Waals surface area contributed by atoms with Crippen LogP contribution in [-0.4, -0.2) is 18.1 Å². The van der Waals surface area contributed by atoms with Crippen LogP contribution in [0.25, 0.3) is 10.9 Å². The molecule has 5 heteroatoms. The van der Waals surface area contributed by atoms with Crippen molar-refractivity contribution < 1.29 is 9.53 Å². The second-order valence-electron chi connectivity index (χ2n) is 3.53. The SMILES string of the molecule is COC(=O)Cc1cc2cc(Br)ccc2nc1Cl. The van der Waals surface area contributed by atoms with E-state index < -0.39 is 0 Å². The van der Waals surface area contributed by atoms with E-state index in [-0.39, 0.29) is 12.4 Å².